The molecule has 5 nitrogen and oxygen atoms in total. The highest BCUT2D eigenvalue weighted by Crippen LogP contribution is 2.04. The normalized spacial score (nSPS) is 15.1. The third-order valence-corrected chi connectivity index (χ3v) is 1.84. The van der Waals surface area contributed by atoms with Crippen molar-refractivity contribution in [3.05, 3.63) is 11.6 Å². The molecule has 0 aliphatic carbocycles. The molecule has 0 aromatic rings. The zero-order valence-electron chi connectivity index (χ0n) is 9.23. The molecule has 0 spiro atoms. The Balaban J connectivity index is 3.89. The van der Waals surface area contributed by atoms with Crippen LogP contribution in [0.25, 0.3) is 0 Å². The molecule has 1 atom stereocenters. The largest absolute Gasteiger partial charge is 0.480 e. The van der Waals surface area contributed by atoms with Crippen molar-refractivity contribution in [2.24, 2.45) is 16.5 Å². The Bertz CT molecular complexity index is 268. The van der Waals surface area contributed by atoms with Crippen LogP contribution < -0.4 is 11.5 Å². The van der Waals surface area contributed by atoms with E-state index in [-0.39, 0.29) is 0 Å². The van der Waals surface area contributed by atoms with Gasteiger partial charge < -0.3 is 16.6 Å². The zero-order valence-corrected chi connectivity index (χ0v) is 9.23. The summed E-state index contributed by atoms with van der Waals surface area (Å²) in [6.45, 7) is 4.22. The molecule has 0 bridgehead atoms. The van der Waals surface area contributed by atoms with E-state index < -0.39 is 12.0 Å². The summed E-state index contributed by atoms with van der Waals surface area (Å²) in [6.07, 6.45) is 3.07. The minimum absolute atomic E-state index is 0.376. The Labute approximate surface area is 89.9 Å². The fraction of sp³-hybridized carbons (Fsp3) is 0.600. The van der Waals surface area contributed by atoms with Gasteiger partial charge in [0, 0.05) is 6.54 Å². The van der Waals surface area contributed by atoms with Crippen molar-refractivity contribution in [1.29, 1.82) is 0 Å². The van der Waals surface area contributed by atoms with Crippen molar-refractivity contribution in [2.45, 2.75) is 32.7 Å². The molecule has 0 radical (unpaired) electrons. The standard InChI is InChI=1S/C10H19N3O2/c1-7(6-9(12)10(14)15)4-3-5-13-8(2)11/h4,9H,3,5-6,12H2,1-2H3,(H2,11,13)(H,14,15)/t9-/m0/s1. The van der Waals surface area contributed by atoms with Crippen LogP contribution in [0, 0.1) is 0 Å². The van der Waals surface area contributed by atoms with Crippen LogP contribution in [0.5, 0.6) is 0 Å². The molecule has 0 fully saturated rings. The summed E-state index contributed by atoms with van der Waals surface area (Å²) in [7, 11) is 0. The summed E-state index contributed by atoms with van der Waals surface area (Å²) in [5, 5.41) is 8.58. The minimum Gasteiger partial charge on any atom is -0.480 e. The molecule has 0 aliphatic rings. The zero-order chi connectivity index (χ0) is 11.8. The van der Waals surface area contributed by atoms with E-state index in [4.69, 9.17) is 16.6 Å². The van der Waals surface area contributed by atoms with E-state index in [2.05, 4.69) is 4.99 Å². The van der Waals surface area contributed by atoms with E-state index >= 15 is 0 Å². The molecular formula is C10H19N3O2. The number of amidine groups is 1. The van der Waals surface area contributed by atoms with Gasteiger partial charge in [-0.2, -0.15) is 0 Å². The second-order valence-electron chi connectivity index (χ2n) is 3.51. The lowest BCUT2D eigenvalue weighted by atomic mass is 10.1. The number of aliphatic carboxylic acids is 1. The third kappa shape index (κ3) is 7.69. The van der Waals surface area contributed by atoms with E-state index in [1.807, 2.05) is 13.0 Å². The first-order valence-electron chi connectivity index (χ1n) is 4.84. The number of rotatable bonds is 6. The van der Waals surface area contributed by atoms with Crippen molar-refractivity contribution in [1.82, 2.24) is 0 Å². The van der Waals surface area contributed by atoms with Crippen molar-refractivity contribution in [3.8, 4) is 0 Å². The fourth-order valence-corrected chi connectivity index (χ4v) is 1.07. The quantitative estimate of drug-likeness (QED) is 0.259. The maximum atomic E-state index is 10.5. The van der Waals surface area contributed by atoms with Gasteiger partial charge in [-0.1, -0.05) is 11.6 Å². The first-order valence-corrected chi connectivity index (χ1v) is 4.84. The van der Waals surface area contributed by atoms with Gasteiger partial charge in [0.2, 0.25) is 0 Å². The lowest BCUT2D eigenvalue weighted by Crippen LogP contribution is -2.30. The number of nitrogens with two attached hydrogens (primary N) is 2. The van der Waals surface area contributed by atoms with Gasteiger partial charge in [0.1, 0.15) is 6.04 Å². The maximum Gasteiger partial charge on any atom is 0.320 e. The maximum absolute atomic E-state index is 10.5. The summed E-state index contributed by atoms with van der Waals surface area (Å²) in [4.78, 5) is 14.5. The SMILES string of the molecule is CC(=CCCN=C(C)N)C[C@H](N)C(=O)O. The molecule has 0 saturated heterocycles. The van der Waals surface area contributed by atoms with Gasteiger partial charge in [0.05, 0.1) is 5.84 Å². The Hall–Kier alpha value is -1.36. The topological polar surface area (TPSA) is 102 Å². The lowest BCUT2D eigenvalue weighted by Gasteiger charge is -2.05. The van der Waals surface area contributed by atoms with Crippen molar-refractivity contribution < 1.29 is 9.90 Å². The third-order valence-electron chi connectivity index (χ3n) is 1.84. The summed E-state index contributed by atoms with van der Waals surface area (Å²) in [5.41, 5.74) is 11.7. The van der Waals surface area contributed by atoms with Gasteiger partial charge in [0.15, 0.2) is 0 Å². The number of hydrogen-bond acceptors (Lipinski definition) is 3. The molecule has 0 aliphatic heterocycles. The number of carbonyl (C=O) groups is 1. The first kappa shape index (κ1) is 13.6. The van der Waals surface area contributed by atoms with Gasteiger partial charge >= 0.3 is 5.97 Å². The number of aliphatic imine (C=N–C) groups is 1. The van der Waals surface area contributed by atoms with Crippen LogP contribution >= 0.6 is 0 Å². The van der Waals surface area contributed by atoms with E-state index in [1.54, 1.807) is 6.92 Å². The van der Waals surface area contributed by atoms with Crippen molar-refractivity contribution >= 4 is 11.8 Å². The molecule has 15 heavy (non-hydrogen) atoms. The van der Waals surface area contributed by atoms with Gasteiger partial charge in [0.25, 0.3) is 0 Å². The second kappa shape index (κ2) is 7.00. The van der Waals surface area contributed by atoms with E-state index in [0.717, 1.165) is 12.0 Å². The summed E-state index contributed by atoms with van der Waals surface area (Å²) >= 11 is 0. The molecule has 0 saturated carbocycles. The predicted octanol–water partition coefficient (Wildman–Crippen LogP) is 0.502. The van der Waals surface area contributed by atoms with E-state index in [0.29, 0.717) is 18.8 Å². The van der Waals surface area contributed by atoms with Crippen LogP contribution in [0.3, 0.4) is 0 Å². The average Bonchev–Trinajstić information content (AvgIpc) is 2.12. The molecule has 0 heterocycles. The van der Waals surface area contributed by atoms with Crippen molar-refractivity contribution in [3.63, 3.8) is 0 Å². The van der Waals surface area contributed by atoms with Gasteiger partial charge in [-0.15, -0.1) is 0 Å². The highest BCUT2D eigenvalue weighted by molar-refractivity contribution is 5.77. The molecule has 86 valence electrons. The molecular weight excluding hydrogens is 194 g/mol. The van der Waals surface area contributed by atoms with Crippen LogP contribution in [0.4, 0.5) is 0 Å². The van der Waals surface area contributed by atoms with Crippen LogP contribution in [0.2, 0.25) is 0 Å². The van der Waals surface area contributed by atoms with Gasteiger partial charge in [-0.05, 0) is 26.7 Å². The highest BCUT2D eigenvalue weighted by atomic mass is 16.4. The van der Waals surface area contributed by atoms with Crippen LogP contribution in [0.1, 0.15) is 26.7 Å². The summed E-state index contributed by atoms with van der Waals surface area (Å²) in [6, 6.07) is -0.819. The molecule has 0 amide bonds. The smallest absolute Gasteiger partial charge is 0.320 e. The van der Waals surface area contributed by atoms with E-state index in [1.165, 1.54) is 0 Å². The summed E-state index contributed by atoms with van der Waals surface area (Å²) < 4.78 is 0. The predicted molar refractivity (Wildman–Crippen MR) is 60.8 cm³/mol. The number of hydrogen-bond donors (Lipinski definition) is 3. The summed E-state index contributed by atoms with van der Waals surface area (Å²) in [5.74, 6) is -0.415. The number of carboxylic acid groups (broad SMARTS) is 1. The molecule has 0 rings (SSSR count). The molecule has 5 heteroatoms. The molecule has 0 aromatic carbocycles. The van der Waals surface area contributed by atoms with Crippen molar-refractivity contribution in [2.75, 3.05) is 6.54 Å². The lowest BCUT2D eigenvalue weighted by molar-refractivity contribution is -0.138. The monoisotopic (exact) mass is 213 g/mol. The average molecular weight is 213 g/mol. The molecule has 0 unspecified atom stereocenters. The molecule has 0 aromatic heterocycles. The van der Waals surface area contributed by atoms with Crippen LogP contribution in [-0.4, -0.2) is 29.5 Å². The first-order chi connectivity index (χ1) is 6.93. The Kier molecular flexibility index (Phi) is 6.37. The van der Waals surface area contributed by atoms with Gasteiger partial charge in [-0.3, -0.25) is 9.79 Å². The highest BCUT2D eigenvalue weighted by Gasteiger charge is 2.10. The Morgan fingerprint density at radius 1 is 1.53 bits per heavy atom. The van der Waals surface area contributed by atoms with Crippen LogP contribution in [-0.2, 0) is 4.79 Å². The fourth-order valence-electron chi connectivity index (χ4n) is 1.07. The Morgan fingerprint density at radius 3 is 2.60 bits per heavy atom. The molecule has 5 N–H and O–H groups in total. The Morgan fingerprint density at radius 2 is 2.13 bits per heavy atom. The van der Waals surface area contributed by atoms with Crippen LogP contribution in [0.15, 0.2) is 16.6 Å². The number of carboxylic acids is 1. The van der Waals surface area contributed by atoms with Gasteiger partial charge in [-0.25, -0.2) is 0 Å². The van der Waals surface area contributed by atoms with E-state index in [9.17, 15) is 4.79 Å². The number of nitrogens with zero attached hydrogens (tertiary/aromatic N) is 1. The minimum atomic E-state index is -0.974. The second-order valence-corrected chi connectivity index (χ2v) is 3.51.